The summed E-state index contributed by atoms with van der Waals surface area (Å²) < 4.78 is 29.6. The second-order valence-electron chi connectivity index (χ2n) is 5.50. The van der Waals surface area contributed by atoms with E-state index in [-0.39, 0.29) is 0 Å². The van der Waals surface area contributed by atoms with Gasteiger partial charge in [0.1, 0.15) is 12.4 Å². The lowest BCUT2D eigenvalue weighted by Gasteiger charge is -2.29. The number of rotatable bonds is 3. The molecule has 1 aliphatic heterocycles. The van der Waals surface area contributed by atoms with Crippen molar-refractivity contribution in [3.05, 3.63) is 54.6 Å². The average molecular weight is 306 g/mol. The summed E-state index contributed by atoms with van der Waals surface area (Å²) in [6.45, 7) is 1.15. The van der Waals surface area contributed by atoms with Crippen LogP contribution in [0.3, 0.4) is 0 Å². The van der Waals surface area contributed by atoms with E-state index in [9.17, 15) is 8.42 Å². The minimum atomic E-state index is -3.42. The molecular formula is C15H20N3O2S+. The molecule has 1 aliphatic rings. The zero-order valence-corrected chi connectivity index (χ0v) is 12.9. The number of hydrogen-bond acceptors (Lipinski definition) is 2. The maximum Gasteiger partial charge on any atom is 0.379 e. The molecule has 21 heavy (non-hydrogen) atoms. The third-order valence-electron chi connectivity index (χ3n) is 4.06. The first-order valence-electron chi connectivity index (χ1n) is 7.16. The van der Waals surface area contributed by atoms with Crippen LogP contribution in [0, 0.1) is 0 Å². The largest absolute Gasteiger partial charge is 0.379 e. The van der Waals surface area contributed by atoms with Crippen LogP contribution < -0.4 is 4.57 Å². The number of nitrogens with zero attached hydrogens (tertiary/aromatic N) is 3. The summed E-state index contributed by atoms with van der Waals surface area (Å²) in [5.41, 5.74) is 1.31. The van der Waals surface area contributed by atoms with Gasteiger partial charge in [-0.15, -0.1) is 3.97 Å². The fourth-order valence-electron chi connectivity index (χ4n) is 2.84. The maximum absolute atomic E-state index is 12.5. The van der Waals surface area contributed by atoms with Crippen molar-refractivity contribution in [2.75, 3.05) is 13.1 Å². The lowest BCUT2D eigenvalue weighted by Crippen LogP contribution is -2.41. The van der Waals surface area contributed by atoms with Crippen LogP contribution in [0.1, 0.15) is 24.3 Å². The van der Waals surface area contributed by atoms with Crippen LogP contribution in [-0.2, 0) is 17.3 Å². The van der Waals surface area contributed by atoms with E-state index in [0.29, 0.717) is 19.0 Å². The minimum Gasteiger partial charge on any atom is -0.238 e. The van der Waals surface area contributed by atoms with Crippen LogP contribution in [0.5, 0.6) is 0 Å². The second kappa shape index (κ2) is 5.61. The number of benzene rings is 1. The van der Waals surface area contributed by atoms with Gasteiger partial charge in [0, 0.05) is 13.1 Å². The first-order valence-corrected chi connectivity index (χ1v) is 8.56. The van der Waals surface area contributed by atoms with Gasteiger partial charge in [0.2, 0.25) is 0 Å². The van der Waals surface area contributed by atoms with Gasteiger partial charge in [-0.2, -0.15) is 12.7 Å². The molecule has 1 aromatic heterocycles. The molecule has 0 N–H and O–H groups in total. The average Bonchev–Trinajstić information content (AvgIpc) is 2.96. The second-order valence-corrected chi connectivity index (χ2v) is 7.33. The van der Waals surface area contributed by atoms with Gasteiger partial charge in [0.15, 0.2) is 0 Å². The zero-order chi connectivity index (χ0) is 14.9. The number of hydrogen-bond donors (Lipinski definition) is 0. The molecule has 1 saturated heterocycles. The Balaban J connectivity index is 1.71. The van der Waals surface area contributed by atoms with E-state index >= 15 is 0 Å². The topological polar surface area (TPSA) is 46.2 Å². The summed E-state index contributed by atoms with van der Waals surface area (Å²) in [5, 5.41) is 0. The summed E-state index contributed by atoms with van der Waals surface area (Å²) in [4.78, 5) is 0. The van der Waals surface area contributed by atoms with Gasteiger partial charge in [-0.05, 0) is 24.3 Å². The van der Waals surface area contributed by atoms with Gasteiger partial charge in [-0.1, -0.05) is 30.3 Å². The number of aromatic nitrogens is 2. The number of piperidine rings is 1. The molecule has 1 aromatic carbocycles. The van der Waals surface area contributed by atoms with Gasteiger partial charge in [0.25, 0.3) is 6.33 Å². The maximum atomic E-state index is 12.5. The first-order chi connectivity index (χ1) is 10.1. The highest BCUT2D eigenvalue weighted by atomic mass is 32.2. The Hall–Kier alpha value is -1.66. The van der Waals surface area contributed by atoms with E-state index < -0.39 is 10.2 Å². The van der Waals surface area contributed by atoms with E-state index in [1.165, 1.54) is 9.54 Å². The Labute approximate surface area is 125 Å². The zero-order valence-electron chi connectivity index (χ0n) is 12.1. The number of aryl methyl sites for hydroxylation is 1. The Kier molecular flexibility index (Phi) is 3.82. The van der Waals surface area contributed by atoms with Gasteiger partial charge < -0.3 is 0 Å². The van der Waals surface area contributed by atoms with Gasteiger partial charge in [-0.3, -0.25) is 0 Å². The van der Waals surface area contributed by atoms with E-state index in [2.05, 4.69) is 12.1 Å². The predicted octanol–water partition coefficient (Wildman–Crippen LogP) is 1.29. The summed E-state index contributed by atoms with van der Waals surface area (Å²) in [5.74, 6) is 0.457. The quantitative estimate of drug-likeness (QED) is 0.802. The minimum absolute atomic E-state index is 0.457. The highest BCUT2D eigenvalue weighted by molar-refractivity contribution is 7.87. The summed E-state index contributed by atoms with van der Waals surface area (Å²) in [6.07, 6.45) is 6.64. The Bertz CT molecular complexity index is 702. The van der Waals surface area contributed by atoms with Crippen LogP contribution in [0.25, 0.3) is 0 Å². The van der Waals surface area contributed by atoms with Crippen molar-refractivity contribution >= 4 is 10.2 Å². The third-order valence-corrected chi connectivity index (χ3v) is 5.83. The molecular weight excluding hydrogens is 286 g/mol. The summed E-state index contributed by atoms with van der Waals surface area (Å²) in [6, 6.07) is 10.3. The molecule has 2 aromatic rings. The highest BCUT2D eigenvalue weighted by Gasteiger charge is 2.32. The van der Waals surface area contributed by atoms with Gasteiger partial charge in [0.05, 0.1) is 7.05 Å². The van der Waals surface area contributed by atoms with Crippen LogP contribution in [-0.4, -0.2) is 29.8 Å². The first kappa shape index (κ1) is 14.3. The van der Waals surface area contributed by atoms with Crippen LogP contribution in [0.2, 0.25) is 0 Å². The highest BCUT2D eigenvalue weighted by Crippen LogP contribution is 2.29. The Morgan fingerprint density at radius 2 is 1.81 bits per heavy atom. The van der Waals surface area contributed by atoms with Gasteiger partial charge in [-0.25, -0.2) is 4.57 Å². The monoisotopic (exact) mass is 306 g/mol. The number of imidazole rings is 1. The van der Waals surface area contributed by atoms with Crippen molar-refractivity contribution < 1.29 is 13.0 Å². The van der Waals surface area contributed by atoms with Crippen LogP contribution in [0.15, 0.2) is 49.1 Å². The van der Waals surface area contributed by atoms with E-state index in [1.54, 1.807) is 27.6 Å². The smallest absolute Gasteiger partial charge is 0.238 e. The lowest BCUT2D eigenvalue weighted by molar-refractivity contribution is -0.670. The molecule has 3 rings (SSSR count). The van der Waals surface area contributed by atoms with E-state index in [4.69, 9.17) is 0 Å². The van der Waals surface area contributed by atoms with Crippen molar-refractivity contribution in [1.82, 2.24) is 8.28 Å². The molecule has 0 aliphatic carbocycles. The molecule has 0 radical (unpaired) electrons. The fourth-order valence-corrected chi connectivity index (χ4v) is 4.26. The van der Waals surface area contributed by atoms with Crippen molar-refractivity contribution in [3.63, 3.8) is 0 Å². The van der Waals surface area contributed by atoms with E-state index in [0.717, 1.165) is 12.8 Å². The summed E-state index contributed by atoms with van der Waals surface area (Å²) >= 11 is 0. The molecule has 0 amide bonds. The SMILES string of the molecule is C[n+]1ccn(S(=O)(=O)N2CCC(c3ccccc3)CC2)c1. The molecule has 2 heterocycles. The predicted molar refractivity (Wildman–Crippen MR) is 79.9 cm³/mol. The summed E-state index contributed by atoms with van der Waals surface area (Å²) in [7, 11) is -1.60. The Morgan fingerprint density at radius 1 is 1.14 bits per heavy atom. The molecule has 1 fully saturated rings. The van der Waals surface area contributed by atoms with Gasteiger partial charge >= 0.3 is 10.2 Å². The standard InChI is InChI=1S/C15H20N3O2S/c1-16-11-12-18(13-16)21(19,20)17-9-7-15(8-10-17)14-5-3-2-4-6-14/h2-6,11-13,15H,7-10H2,1H3/q+1. The van der Waals surface area contributed by atoms with Crippen molar-refractivity contribution in [1.29, 1.82) is 0 Å². The normalized spacial score (nSPS) is 18.0. The molecule has 0 saturated carbocycles. The van der Waals surface area contributed by atoms with Crippen LogP contribution in [0.4, 0.5) is 0 Å². The molecule has 0 bridgehead atoms. The molecule has 5 nitrogen and oxygen atoms in total. The Morgan fingerprint density at radius 3 is 2.38 bits per heavy atom. The lowest BCUT2D eigenvalue weighted by atomic mass is 9.90. The van der Waals surface area contributed by atoms with Crippen molar-refractivity contribution in [2.45, 2.75) is 18.8 Å². The molecule has 112 valence electrons. The molecule has 0 atom stereocenters. The fraction of sp³-hybridized carbons (Fsp3) is 0.400. The van der Waals surface area contributed by atoms with Crippen molar-refractivity contribution in [3.8, 4) is 0 Å². The van der Waals surface area contributed by atoms with Crippen LogP contribution >= 0.6 is 0 Å². The molecule has 6 heteroatoms. The van der Waals surface area contributed by atoms with E-state index in [1.807, 2.05) is 25.2 Å². The van der Waals surface area contributed by atoms with Crippen molar-refractivity contribution in [2.24, 2.45) is 7.05 Å². The third kappa shape index (κ3) is 2.87. The molecule has 0 spiro atoms. The molecule has 0 unspecified atom stereocenters.